The van der Waals surface area contributed by atoms with Crippen molar-refractivity contribution in [1.82, 2.24) is 0 Å². The summed E-state index contributed by atoms with van der Waals surface area (Å²) in [5.41, 5.74) is 0.220. The molecule has 0 saturated carbocycles. The van der Waals surface area contributed by atoms with Crippen LogP contribution in [0.3, 0.4) is 0 Å². The average molecular weight is 378 g/mol. The highest BCUT2D eigenvalue weighted by atomic mass is 16.4. The molecule has 0 bridgehead atoms. The van der Waals surface area contributed by atoms with Gasteiger partial charge in [-0.3, -0.25) is 0 Å². The van der Waals surface area contributed by atoms with Crippen LogP contribution < -0.4 is 5.11 Å². The van der Waals surface area contributed by atoms with Gasteiger partial charge in [-0.25, -0.2) is 0 Å². The fourth-order valence-electron chi connectivity index (χ4n) is 3.62. The molecule has 156 valence electrons. The number of benzene rings is 1. The first-order chi connectivity index (χ1) is 13.0. The Balaban J connectivity index is 0.000000621. The zero-order chi connectivity index (χ0) is 20.4. The van der Waals surface area contributed by atoms with Crippen molar-refractivity contribution in [2.75, 3.05) is 26.7 Å². The SMILES string of the molecule is CCCCCCCCCC[N+](C)(CCC)CCC.O=C([O-])c1ccccc1. The fraction of sp³-hybridized carbons (Fsp3) is 0.708. The van der Waals surface area contributed by atoms with Gasteiger partial charge in [0.2, 0.25) is 0 Å². The zero-order valence-corrected chi connectivity index (χ0v) is 18.3. The lowest BCUT2D eigenvalue weighted by Gasteiger charge is -2.34. The summed E-state index contributed by atoms with van der Waals surface area (Å²) in [7, 11) is 2.45. The van der Waals surface area contributed by atoms with E-state index in [1.54, 1.807) is 18.2 Å². The maximum absolute atomic E-state index is 10.1. The molecule has 0 radical (unpaired) electrons. The molecule has 0 aromatic heterocycles. The second-order valence-corrected chi connectivity index (χ2v) is 7.92. The molecule has 0 aliphatic heterocycles. The fourth-order valence-corrected chi connectivity index (χ4v) is 3.62. The lowest BCUT2D eigenvalue weighted by atomic mass is 10.1. The monoisotopic (exact) mass is 377 g/mol. The number of carboxylic acids is 1. The number of aromatic carboxylic acids is 1. The van der Waals surface area contributed by atoms with Crippen LogP contribution in [0.4, 0.5) is 0 Å². The van der Waals surface area contributed by atoms with Gasteiger partial charge in [0.1, 0.15) is 0 Å². The molecule has 0 saturated heterocycles. The number of hydrogen-bond acceptors (Lipinski definition) is 2. The van der Waals surface area contributed by atoms with Crippen molar-refractivity contribution in [3.05, 3.63) is 35.9 Å². The van der Waals surface area contributed by atoms with Crippen molar-refractivity contribution in [3.8, 4) is 0 Å². The van der Waals surface area contributed by atoms with Crippen molar-refractivity contribution in [3.63, 3.8) is 0 Å². The van der Waals surface area contributed by atoms with E-state index in [0.29, 0.717) is 0 Å². The van der Waals surface area contributed by atoms with Crippen LogP contribution in [0.1, 0.15) is 95.3 Å². The molecule has 27 heavy (non-hydrogen) atoms. The minimum atomic E-state index is -1.13. The van der Waals surface area contributed by atoms with Crippen LogP contribution in [0.5, 0.6) is 0 Å². The molecule has 3 heteroatoms. The van der Waals surface area contributed by atoms with E-state index in [9.17, 15) is 9.90 Å². The van der Waals surface area contributed by atoms with Crippen LogP contribution in [0.2, 0.25) is 0 Å². The Labute approximate surface area is 168 Å². The van der Waals surface area contributed by atoms with Gasteiger partial charge in [0, 0.05) is 0 Å². The van der Waals surface area contributed by atoms with E-state index in [1.807, 2.05) is 0 Å². The quantitative estimate of drug-likeness (QED) is 0.320. The number of hydrogen-bond donors (Lipinski definition) is 0. The van der Waals surface area contributed by atoms with Gasteiger partial charge in [0.05, 0.1) is 32.7 Å². The molecule has 0 atom stereocenters. The number of rotatable bonds is 14. The minimum Gasteiger partial charge on any atom is -0.545 e. The summed E-state index contributed by atoms with van der Waals surface area (Å²) in [6.45, 7) is 11.1. The van der Waals surface area contributed by atoms with Gasteiger partial charge in [-0.05, 0) is 31.2 Å². The largest absolute Gasteiger partial charge is 0.545 e. The number of carbonyl (C=O) groups excluding carboxylic acids is 1. The van der Waals surface area contributed by atoms with Crippen molar-refractivity contribution in [1.29, 1.82) is 0 Å². The summed E-state index contributed by atoms with van der Waals surface area (Å²) in [6, 6.07) is 8.06. The van der Waals surface area contributed by atoms with Gasteiger partial charge in [-0.15, -0.1) is 0 Å². The van der Waals surface area contributed by atoms with Crippen LogP contribution in [-0.2, 0) is 0 Å². The summed E-state index contributed by atoms with van der Waals surface area (Å²) in [5.74, 6) is -1.13. The molecule has 0 fully saturated rings. The van der Waals surface area contributed by atoms with E-state index in [2.05, 4.69) is 27.8 Å². The first-order valence-corrected chi connectivity index (χ1v) is 11.1. The van der Waals surface area contributed by atoms with Crippen molar-refractivity contribution in [2.24, 2.45) is 0 Å². The van der Waals surface area contributed by atoms with Crippen LogP contribution in [0, 0.1) is 0 Å². The van der Waals surface area contributed by atoms with Crippen LogP contribution in [0.15, 0.2) is 30.3 Å². The predicted molar refractivity (Wildman–Crippen MR) is 115 cm³/mol. The molecule has 0 spiro atoms. The van der Waals surface area contributed by atoms with Crippen molar-refractivity contribution >= 4 is 5.97 Å². The van der Waals surface area contributed by atoms with E-state index in [1.165, 1.54) is 100 Å². The summed E-state index contributed by atoms with van der Waals surface area (Å²) >= 11 is 0. The summed E-state index contributed by atoms with van der Waals surface area (Å²) in [4.78, 5) is 10.1. The van der Waals surface area contributed by atoms with E-state index in [0.717, 1.165) is 0 Å². The number of unbranched alkanes of at least 4 members (excludes halogenated alkanes) is 7. The maximum Gasteiger partial charge on any atom is 0.0784 e. The van der Waals surface area contributed by atoms with Crippen LogP contribution in [0.25, 0.3) is 0 Å². The molecular formula is C24H43NO2. The summed E-state index contributed by atoms with van der Waals surface area (Å²) in [6.07, 6.45) is 14.2. The predicted octanol–water partition coefficient (Wildman–Crippen LogP) is 5.44. The van der Waals surface area contributed by atoms with Crippen LogP contribution in [-0.4, -0.2) is 37.1 Å². The lowest BCUT2D eigenvalue weighted by molar-refractivity contribution is -0.909. The highest BCUT2D eigenvalue weighted by Crippen LogP contribution is 2.12. The van der Waals surface area contributed by atoms with Gasteiger partial charge in [0.15, 0.2) is 0 Å². The van der Waals surface area contributed by atoms with Gasteiger partial charge in [-0.2, -0.15) is 0 Å². The van der Waals surface area contributed by atoms with Gasteiger partial charge in [-0.1, -0.05) is 89.6 Å². The second kappa shape index (κ2) is 16.8. The molecule has 0 unspecified atom stereocenters. The molecule has 0 aliphatic rings. The van der Waals surface area contributed by atoms with E-state index in [4.69, 9.17) is 0 Å². The molecular weight excluding hydrogens is 334 g/mol. The first kappa shape index (κ1) is 25.6. The smallest absolute Gasteiger partial charge is 0.0784 e. The number of carboxylic acid groups (broad SMARTS) is 1. The topological polar surface area (TPSA) is 40.1 Å². The second-order valence-electron chi connectivity index (χ2n) is 7.92. The third-order valence-corrected chi connectivity index (χ3v) is 5.09. The summed E-state index contributed by atoms with van der Waals surface area (Å²) in [5, 5.41) is 10.1. The lowest BCUT2D eigenvalue weighted by Crippen LogP contribution is -2.45. The number of carbonyl (C=O) groups is 1. The molecule has 0 N–H and O–H groups in total. The summed E-state index contributed by atoms with van der Waals surface area (Å²) < 4.78 is 1.31. The Kier molecular flexibility index (Phi) is 16.0. The zero-order valence-electron chi connectivity index (χ0n) is 18.3. The Hall–Kier alpha value is -1.35. The molecule has 3 nitrogen and oxygen atoms in total. The highest BCUT2D eigenvalue weighted by molar-refractivity contribution is 5.85. The molecule has 1 aromatic carbocycles. The maximum atomic E-state index is 10.1. The van der Waals surface area contributed by atoms with E-state index < -0.39 is 5.97 Å². The van der Waals surface area contributed by atoms with E-state index >= 15 is 0 Å². The van der Waals surface area contributed by atoms with Gasteiger partial charge < -0.3 is 14.4 Å². The standard InChI is InChI=1S/C17H38N.C7H6O2/c1-5-8-9-10-11-12-13-14-17-18(4,15-6-2)16-7-3;8-7(9)6-4-2-1-3-5-6/h5-17H2,1-4H3;1-5H,(H,8,9)/q+1;/p-1. The Morgan fingerprint density at radius 2 is 1.22 bits per heavy atom. The highest BCUT2D eigenvalue weighted by Gasteiger charge is 2.18. The first-order valence-electron chi connectivity index (χ1n) is 11.1. The molecule has 0 amide bonds. The van der Waals surface area contributed by atoms with Crippen molar-refractivity contribution in [2.45, 2.75) is 85.0 Å². The van der Waals surface area contributed by atoms with Gasteiger partial charge in [0.25, 0.3) is 0 Å². The number of nitrogens with zero attached hydrogens (tertiary/aromatic N) is 1. The molecule has 0 heterocycles. The molecule has 1 aromatic rings. The Morgan fingerprint density at radius 1 is 0.741 bits per heavy atom. The number of quaternary nitrogens is 1. The molecule has 1 rings (SSSR count). The van der Waals surface area contributed by atoms with Crippen LogP contribution >= 0.6 is 0 Å². The molecule has 0 aliphatic carbocycles. The third-order valence-electron chi connectivity index (χ3n) is 5.09. The van der Waals surface area contributed by atoms with Gasteiger partial charge >= 0.3 is 0 Å². The van der Waals surface area contributed by atoms with Crippen molar-refractivity contribution < 1.29 is 14.4 Å². The average Bonchev–Trinajstić information content (AvgIpc) is 2.65. The Bertz CT molecular complexity index is 453. The minimum absolute atomic E-state index is 0.220. The normalized spacial score (nSPS) is 11.0. The third kappa shape index (κ3) is 14.4. The Morgan fingerprint density at radius 3 is 1.63 bits per heavy atom. The van der Waals surface area contributed by atoms with E-state index in [-0.39, 0.29) is 5.56 Å².